The summed E-state index contributed by atoms with van der Waals surface area (Å²) in [6.45, 7) is 1.80. The first-order chi connectivity index (χ1) is 6.66. The SMILES string of the molecule is CCOC(=O)C(C(=O)O)n1cccc1. The molecular weight excluding hydrogens is 186 g/mol. The first-order valence-corrected chi connectivity index (χ1v) is 4.18. The maximum atomic E-state index is 11.3. The van der Waals surface area contributed by atoms with Gasteiger partial charge in [-0.05, 0) is 19.1 Å². The van der Waals surface area contributed by atoms with Gasteiger partial charge in [-0.2, -0.15) is 0 Å². The summed E-state index contributed by atoms with van der Waals surface area (Å²) in [5.74, 6) is -1.98. The zero-order valence-corrected chi connectivity index (χ0v) is 7.71. The predicted molar refractivity (Wildman–Crippen MR) is 47.7 cm³/mol. The molecule has 0 saturated heterocycles. The minimum atomic E-state index is -1.29. The van der Waals surface area contributed by atoms with Crippen molar-refractivity contribution in [2.75, 3.05) is 6.61 Å². The lowest BCUT2D eigenvalue weighted by molar-refractivity contribution is -0.157. The summed E-state index contributed by atoms with van der Waals surface area (Å²) in [6.07, 6.45) is 3.02. The number of hydrogen-bond donors (Lipinski definition) is 1. The number of aromatic nitrogens is 1. The van der Waals surface area contributed by atoms with E-state index in [0.717, 1.165) is 0 Å². The van der Waals surface area contributed by atoms with Gasteiger partial charge >= 0.3 is 11.9 Å². The lowest BCUT2D eigenvalue weighted by Crippen LogP contribution is -2.28. The third kappa shape index (κ3) is 2.12. The molecule has 1 rings (SSSR count). The van der Waals surface area contributed by atoms with Crippen LogP contribution < -0.4 is 0 Å². The van der Waals surface area contributed by atoms with Gasteiger partial charge in [0.25, 0.3) is 0 Å². The van der Waals surface area contributed by atoms with Crippen LogP contribution in [-0.2, 0) is 14.3 Å². The number of carbonyl (C=O) groups excluding carboxylic acids is 1. The molecule has 76 valence electrons. The van der Waals surface area contributed by atoms with Gasteiger partial charge in [0.15, 0.2) is 0 Å². The summed E-state index contributed by atoms with van der Waals surface area (Å²) in [7, 11) is 0. The lowest BCUT2D eigenvalue weighted by atomic mass is 10.3. The number of ether oxygens (including phenoxy) is 1. The fourth-order valence-corrected chi connectivity index (χ4v) is 1.09. The van der Waals surface area contributed by atoms with Crippen LogP contribution >= 0.6 is 0 Å². The Balaban J connectivity index is 2.85. The number of carboxylic acid groups (broad SMARTS) is 1. The fourth-order valence-electron chi connectivity index (χ4n) is 1.09. The molecule has 1 unspecified atom stereocenters. The van der Waals surface area contributed by atoms with E-state index in [2.05, 4.69) is 4.74 Å². The summed E-state index contributed by atoms with van der Waals surface area (Å²) in [5.41, 5.74) is 0. The van der Waals surface area contributed by atoms with Crippen molar-refractivity contribution in [2.24, 2.45) is 0 Å². The van der Waals surface area contributed by atoms with Crippen molar-refractivity contribution >= 4 is 11.9 Å². The maximum absolute atomic E-state index is 11.3. The van der Waals surface area contributed by atoms with Gasteiger partial charge in [0.2, 0.25) is 6.04 Å². The highest BCUT2D eigenvalue weighted by Gasteiger charge is 2.28. The van der Waals surface area contributed by atoms with Crippen LogP contribution in [0.5, 0.6) is 0 Å². The highest BCUT2D eigenvalue weighted by molar-refractivity contribution is 5.96. The van der Waals surface area contributed by atoms with Crippen molar-refractivity contribution < 1.29 is 19.4 Å². The van der Waals surface area contributed by atoms with Crippen LogP contribution in [0, 0.1) is 0 Å². The summed E-state index contributed by atoms with van der Waals surface area (Å²) in [5, 5.41) is 8.82. The Morgan fingerprint density at radius 1 is 1.43 bits per heavy atom. The number of carbonyl (C=O) groups is 2. The zero-order chi connectivity index (χ0) is 10.6. The maximum Gasteiger partial charge on any atom is 0.340 e. The first kappa shape index (κ1) is 10.3. The first-order valence-electron chi connectivity index (χ1n) is 4.18. The highest BCUT2D eigenvalue weighted by atomic mass is 16.5. The highest BCUT2D eigenvalue weighted by Crippen LogP contribution is 2.09. The molecule has 1 aromatic rings. The number of esters is 1. The molecule has 0 saturated carbocycles. The van der Waals surface area contributed by atoms with Gasteiger partial charge < -0.3 is 14.4 Å². The molecule has 1 N–H and O–H groups in total. The average Bonchev–Trinajstić information content (AvgIpc) is 2.57. The monoisotopic (exact) mass is 197 g/mol. The third-order valence-electron chi connectivity index (χ3n) is 1.67. The molecule has 0 aliphatic carbocycles. The van der Waals surface area contributed by atoms with Crippen molar-refractivity contribution in [2.45, 2.75) is 13.0 Å². The Bertz CT molecular complexity index is 318. The molecule has 0 aliphatic heterocycles. The van der Waals surface area contributed by atoms with Crippen LogP contribution in [0.25, 0.3) is 0 Å². The number of hydrogen-bond acceptors (Lipinski definition) is 3. The Labute approximate surface area is 80.9 Å². The Morgan fingerprint density at radius 2 is 2.00 bits per heavy atom. The molecular formula is C9H11NO4. The second kappa shape index (κ2) is 4.45. The molecule has 0 amide bonds. The zero-order valence-electron chi connectivity index (χ0n) is 7.71. The number of rotatable bonds is 4. The molecule has 0 radical (unpaired) electrons. The second-order valence-electron chi connectivity index (χ2n) is 2.62. The van der Waals surface area contributed by atoms with E-state index >= 15 is 0 Å². The molecule has 0 spiro atoms. The predicted octanol–water partition coefficient (Wildman–Crippen LogP) is 0.677. The van der Waals surface area contributed by atoms with E-state index in [9.17, 15) is 9.59 Å². The molecule has 1 aromatic heterocycles. The van der Waals surface area contributed by atoms with Crippen molar-refractivity contribution in [3.8, 4) is 0 Å². The van der Waals surface area contributed by atoms with Crippen molar-refractivity contribution in [3.05, 3.63) is 24.5 Å². The van der Waals surface area contributed by atoms with Crippen LogP contribution in [0.4, 0.5) is 0 Å². The summed E-state index contributed by atoms with van der Waals surface area (Å²) < 4.78 is 5.94. The average molecular weight is 197 g/mol. The van der Waals surface area contributed by atoms with Crippen molar-refractivity contribution in [3.63, 3.8) is 0 Å². The number of nitrogens with zero attached hydrogens (tertiary/aromatic N) is 1. The van der Waals surface area contributed by atoms with Gasteiger partial charge in [-0.25, -0.2) is 9.59 Å². The Hall–Kier alpha value is -1.78. The van der Waals surface area contributed by atoms with Crippen LogP contribution in [0.2, 0.25) is 0 Å². The quantitative estimate of drug-likeness (QED) is 0.569. The van der Waals surface area contributed by atoms with Gasteiger partial charge in [-0.3, -0.25) is 0 Å². The normalized spacial score (nSPS) is 12.1. The summed E-state index contributed by atoms with van der Waals surface area (Å²) in [6, 6.07) is 2.01. The van der Waals surface area contributed by atoms with Gasteiger partial charge in [0.1, 0.15) is 0 Å². The van der Waals surface area contributed by atoms with Gasteiger partial charge in [0.05, 0.1) is 6.61 Å². The van der Waals surface area contributed by atoms with E-state index in [0.29, 0.717) is 0 Å². The van der Waals surface area contributed by atoms with E-state index in [1.54, 1.807) is 19.1 Å². The third-order valence-corrected chi connectivity index (χ3v) is 1.67. The van der Waals surface area contributed by atoms with Crippen LogP contribution in [-0.4, -0.2) is 28.2 Å². The molecule has 0 fully saturated rings. The lowest BCUT2D eigenvalue weighted by Gasteiger charge is -2.12. The van der Waals surface area contributed by atoms with Crippen LogP contribution in [0.1, 0.15) is 13.0 Å². The molecule has 0 aromatic carbocycles. The summed E-state index contributed by atoms with van der Waals surface area (Å²) in [4.78, 5) is 22.1. The minimum Gasteiger partial charge on any atom is -0.479 e. The van der Waals surface area contributed by atoms with E-state index in [4.69, 9.17) is 5.11 Å². The van der Waals surface area contributed by atoms with Crippen molar-refractivity contribution in [1.29, 1.82) is 0 Å². The van der Waals surface area contributed by atoms with E-state index in [-0.39, 0.29) is 6.61 Å². The fraction of sp³-hybridized carbons (Fsp3) is 0.333. The largest absolute Gasteiger partial charge is 0.479 e. The smallest absolute Gasteiger partial charge is 0.340 e. The van der Waals surface area contributed by atoms with Crippen molar-refractivity contribution in [1.82, 2.24) is 4.57 Å². The Morgan fingerprint density at radius 3 is 2.43 bits per heavy atom. The molecule has 1 heterocycles. The van der Waals surface area contributed by atoms with Gasteiger partial charge in [0, 0.05) is 12.4 Å². The van der Waals surface area contributed by atoms with E-state index in [1.165, 1.54) is 17.0 Å². The molecule has 5 heteroatoms. The molecule has 0 aliphatic rings. The van der Waals surface area contributed by atoms with Crippen LogP contribution in [0.15, 0.2) is 24.5 Å². The van der Waals surface area contributed by atoms with Crippen LogP contribution in [0.3, 0.4) is 0 Å². The topological polar surface area (TPSA) is 68.5 Å². The molecule has 1 atom stereocenters. The molecule has 0 bridgehead atoms. The van der Waals surface area contributed by atoms with Gasteiger partial charge in [-0.15, -0.1) is 0 Å². The molecule has 5 nitrogen and oxygen atoms in total. The number of aliphatic carboxylic acids is 1. The van der Waals surface area contributed by atoms with E-state index < -0.39 is 18.0 Å². The standard InChI is InChI=1S/C9H11NO4/c1-2-14-9(13)7(8(11)12)10-5-3-4-6-10/h3-7H,2H2,1H3,(H,11,12). The minimum absolute atomic E-state index is 0.171. The molecule has 14 heavy (non-hydrogen) atoms. The Kier molecular flexibility index (Phi) is 3.28. The van der Waals surface area contributed by atoms with E-state index in [1.807, 2.05) is 0 Å². The summed E-state index contributed by atoms with van der Waals surface area (Å²) >= 11 is 0. The number of carboxylic acids is 1. The second-order valence-corrected chi connectivity index (χ2v) is 2.62. The van der Waals surface area contributed by atoms with Gasteiger partial charge in [-0.1, -0.05) is 0 Å².